The van der Waals surface area contributed by atoms with Gasteiger partial charge in [-0.3, -0.25) is 4.79 Å². The number of amides is 1. The lowest BCUT2D eigenvalue weighted by Gasteiger charge is -2.10. The minimum absolute atomic E-state index is 0.00465. The van der Waals surface area contributed by atoms with Gasteiger partial charge in [0, 0.05) is 34.9 Å². The maximum absolute atomic E-state index is 12.3. The first-order chi connectivity index (χ1) is 14.9. The van der Waals surface area contributed by atoms with E-state index in [4.69, 9.17) is 23.2 Å². The van der Waals surface area contributed by atoms with Crippen LogP contribution in [0.3, 0.4) is 0 Å². The first-order valence-electron chi connectivity index (χ1n) is 9.91. The van der Waals surface area contributed by atoms with Gasteiger partial charge in [0.05, 0.1) is 5.02 Å². The van der Waals surface area contributed by atoms with E-state index >= 15 is 0 Å². The van der Waals surface area contributed by atoms with Gasteiger partial charge < -0.3 is 5.32 Å². The highest BCUT2D eigenvalue weighted by molar-refractivity contribution is 6.36. The van der Waals surface area contributed by atoms with E-state index in [9.17, 15) is 4.79 Å². The number of hydrogen-bond acceptors (Lipinski definition) is 4. The Kier molecular flexibility index (Phi) is 6.20. The molecule has 2 heterocycles. The number of nitrogens with zero attached hydrogens (tertiary/aromatic N) is 4. The second-order valence-corrected chi connectivity index (χ2v) is 8.14. The molecule has 31 heavy (non-hydrogen) atoms. The van der Waals surface area contributed by atoms with Crippen LogP contribution in [0.1, 0.15) is 28.9 Å². The standard InChI is InChI=1S/C23H21Cl2N5O/c1-14-18(10-11-21(31)26-13-16-6-4-3-5-7-16)15(2)30-23(27-14)28-22(29-30)19-9-8-17(24)12-20(19)25/h3-9,12H,10-11,13H2,1-2H3,(H,26,31). The zero-order chi connectivity index (χ0) is 22.0. The van der Waals surface area contributed by atoms with Crippen LogP contribution in [0.2, 0.25) is 10.0 Å². The van der Waals surface area contributed by atoms with Gasteiger partial charge in [0.25, 0.3) is 5.78 Å². The lowest BCUT2D eigenvalue weighted by atomic mass is 10.1. The summed E-state index contributed by atoms with van der Waals surface area (Å²) in [5, 5.41) is 8.59. The number of halogens is 2. The molecule has 0 aliphatic rings. The summed E-state index contributed by atoms with van der Waals surface area (Å²) in [6.45, 7) is 4.40. The van der Waals surface area contributed by atoms with Crippen LogP contribution in [0.15, 0.2) is 48.5 Å². The van der Waals surface area contributed by atoms with E-state index in [0.29, 0.717) is 46.6 Å². The third-order valence-electron chi connectivity index (χ3n) is 5.16. The van der Waals surface area contributed by atoms with Crippen molar-refractivity contribution in [2.45, 2.75) is 33.2 Å². The number of carbonyl (C=O) groups is 1. The number of benzene rings is 2. The largest absolute Gasteiger partial charge is 0.352 e. The first-order valence-corrected chi connectivity index (χ1v) is 10.7. The van der Waals surface area contributed by atoms with Gasteiger partial charge >= 0.3 is 0 Å². The highest BCUT2D eigenvalue weighted by atomic mass is 35.5. The molecule has 8 heteroatoms. The second-order valence-electron chi connectivity index (χ2n) is 7.29. The maximum atomic E-state index is 12.3. The molecule has 0 saturated carbocycles. The summed E-state index contributed by atoms with van der Waals surface area (Å²) in [5.41, 5.74) is 4.49. The Morgan fingerprint density at radius 2 is 1.84 bits per heavy atom. The van der Waals surface area contributed by atoms with Gasteiger partial charge in [-0.25, -0.2) is 9.50 Å². The Morgan fingerprint density at radius 3 is 2.58 bits per heavy atom. The van der Waals surface area contributed by atoms with Gasteiger partial charge in [0.15, 0.2) is 5.82 Å². The average Bonchev–Trinajstić information content (AvgIpc) is 3.16. The number of fused-ring (bicyclic) bond motifs is 1. The van der Waals surface area contributed by atoms with Crippen molar-refractivity contribution >= 4 is 34.9 Å². The Bertz CT molecular complexity index is 1250. The Morgan fingerprint density at radius 1 is 1.06 bits per heavy atom. The molecule has 2 aromatic heterocycles. The number of rotatable bonds is 6. The Balaban J connectivity index is 1.52. The Hall–Kier alpha value is -2.96. The minimum atomic E-state index is -0.00465. The van der Waals surface area contributed by atoms with Gasteiger partial charge in [0.2, 0.25) is 5.91 Å². The van der Waals surface area contributed by atoms with Crippen molar-refractivity contribution in [1.29, 1.82) is 0 Å². The molecule has 0 atom stereocenters. The quantitative estimate of drug-likeness (QED) is 0.447. The average molecular weight is 454 g/mol. The summed E-state index contributed by atoms with van der Waals surface area (Å²) in [4.78, 5) is 21.5. The van der Waals surface area contributed by atoms with Gasteiger partial charge in [-0.05, 0) is 49.6 Å². The van der Waals surface area contributed by atoms with Crippen molar-refractivity contribution < 1.29 is 4.79 Å². The lowest BCUT2D eigenvalue weighted by molar-refractivity contribution is -0.121. The van der Waals surface area contributed by atoms with Crippen molar-refractivity contribution in [3.05, 3.63) is 81.1 Å². The van der Waals surface area contributed by atoms with E-state index < -0.39 is 0 Å². The molecular weight excluding hydrogens is 433 g/mol. The summed E-state index contributed by atoms with van der Waals surface area (Å²) >= 11 is 12.3. The fourth-order valence-electron chi connectivity index (χ4n) is 3.48. The zero-order valence-electron chi connectivity index (χ0n) is 17.2. The SMILES string of the molecule is Cc1nc2nc(-c3ccc(Cl)cc3Cl)nn2c(C)c1CCC(=O)NCc1ccccc1. The van der Waals surface area contributed by atoms with E-state index in [1.807, 2.05) is 44.2 Å². The molecule has 0 bridgehead atoms. The van der Waals surface area contributed by atoms with Crippen LogP contribution in [-0.4, -0.2) is 25.5 Å². The summed E-state index contributed by atoms with van der Waals surface area (Å²) < 4.78 is 1.70. The van der Waals surface area contributed by atoms with Crippen molar-refractivity contribution in [2.75, 3.05) is 0 Å². The smallest absolute Gasteiger partial charge is 0.253 e. The third kappa shape index (κ3) is 4.70. The summed E-state index contributed by atoms with van der Waals surface area (Å²) in [5.74, 6) is 0.970. The van der Waals surface area contributed by atoms with Crippen molar-refractivity contribution in [3.8, 4) is 11.4 Å². The van der Waals surface area contributed by atoms with E-state index in [-0.39, 0.29) is 5.91 Å². The predicted octanol–water partition coefficient (Wildman–Crippen LogP) is 4.96. The maximum Gasteiger partial charge on any atom is 0.253 e. The molecule has 4 rings (SSSR count). The molecule has 6 nitrogen and oxygen atoms in total. The minimum Gasteiger partial charge on any atom is -0.352 e. The number of carbonyl (C=O) groups excluding carboxylic acids is 1. The van der Waals surface area contributed by atoms with Crippen molar-refractivity contribution in [1.82, 2.24) is 24.9 Å². The lowest BCUT2D eigenvalue weighted by Crippen LogP contribution is -2.23. The molecule has 0 unspecified atom stereocenters. The second kappa shape index (κ2) is 9.04. The molecule has 1 N–H and O–H groups in total. The summed E-state index contributed by atoms with van der Waals surface area (Å²) in [6.07, 6.45) is 0.935. The number of aryl methyl sites for hydroxylation is 2. The third-order valence-corrected chi connectivity index (χ3v) is 5.70. The molecule has 0 fully saturated rings. The number of hydrogen-bond donors (Lipinski definition) is 1. The predicted molar refractivity (Wildman–Crippen MR) is 122 cm³/mol. The van der Waals surface area contributed by atoms with Gasteiger partial charge in [-0.1, -0.05) is 53.5 Å². The van der Waals surface area contributed by atoms with Crippen LogP contribution in [-0.2, 0) is 17.8 Å². The van der Waals surface area contributed by atoms with Gasteiger partial charge in [0.1, 0.15) is 0 Å². The van der Waals surface area contributed by atoms with Crippen LogP contribution < -0.4 is 5.32 Å². The molecule has 158 valence electrons. The van der Waals surface area contributed by atoms with Gasteiger partial charge in [-0.2, -0.15) is 4.98 Å². The molecule has 0 radical (unpaired) electrons. The van der Waals surface area contributed by atoms with Crippen LogP contribution in [0.5, 0.6) is 0 Å². The van der Waals surface area contributed by atoms with E-state index in [2.05, 4.69) is 20.4 Å². The molecule has 0 spiro atoms. The monoisotopic (exact) mass is 453 g/mol. The fourth-order valence-corrected chi connectivity index (χ4v) is 3.97. The summed E-state index contributed by atoms with van der Waals surface area (Å²) in [7, 11) is 0. The number of aromatic nitrogens is 4. The van der Waals surface area contributed by atoms with E-state index in [0.717, 1.165) is 22.5 Å². The first kappa shape index (κ1) is 21.3. The molecular formula is C23H21Cl2N5O. The Labute approximate surface area is 190 Å². The van der Waals surface area contributed by atoms with Crippen molar-refractivity contribution in [3.63, 3.8) is 0 Å². The molecule has 2 aromatic carbocycles. The highest BCUT2D eigenvalue weighted by Gasteiger charge is 2.17. The topological polar surface area (TPSA) is 72.2 Å². The molecule has 0 aliphatic carbocycles. The van der Waals surface area contributed by atoms with Crippen LogP contribution >= 0.6 is 23.2 Å². The number of nitrogens with one attached hydrogen (secondary N) is 1. The normalized spacial score (nSPS) is 11.1. The molecule has 0 saturated heterocycles. The summed E-state index contributed by atoms with van der Waals surface area (Å²) in [6, 6.07) is 15.0. The van der Waals surface area contributed by atoms with Crippen LogP contribution in [0.4, 0.5) is 0 Å². The van der Waals surface area contributed by atoms with Crippen LogP contribution in [0.25, 0.3) is 17.2 Å². The zero-order valence-corrected chi connectivity index (χ0v) is 18.7. The highest BCUT2D eigenvalue weighted by Crippen LogP contribution is 2.29. The molecule has 4 aromatic rings. The van der Waals surface area contributed by atoms with E-state index in [1.54, 1.807) is 22.7 Å². The molecule has 1 amide bonds. The van der Waals surface area contributed by atoms with E-state index in [1.165, 1.54) is 0 Å². The molecule has 0 aliphatic heterocycles. The fraction of sp³-hybridized carbons (Fsp3) is 0.217. The van der Waals surface area contributed by atoms with Crippen LogP contribution in [0, 0.1) is 13.8 Å². The van der Waals surface area contributed by atoms with Gasteiger partial charge in [-0.15, -0.1) is 5.10 Å². The van der Waals surface area contributed by atoms with Crippen molar-refractivity contribution in [2.24, 2.45) is 0 Å².